The summed E-state index contributed by atoms with van der Waals surface area (Å²) in [6.07, 6.45) is 0. The lowest BCUT2D eigenvalue weighted by Gasteiger charge is -2.13. The van der Waals surface area contributed by atoms with Crippen LogP contribution >= 0.6 is 12.2 Å². The Labute approximate surface area is 130 Å². The van der Waals surface area contributed by atoms with Crippen molar-refractivity contribution in [3.8, 4) is 11.5 Å². The molecule has 21 heavy (non-hydrogen) atoms. The van der Waals surface area contributed by atoms with E-state index in [2.05, 4.69) is 0 Å². The number of thiocarbonyl (C=S) groups is 1. The highest BCUT2D eigenvalue weighted by Crippen LogP contribution is 2.28. The molecular formula is C17H19NO2S. The molecule has 0 atom stereocenters. The number of hydrogen-bond donors (Lipinski definition) is 1. The predicted octanol–water partition coefficient (Wildman–Crippen LogP) is 3.53. The molecule has 0 fully saturated rings. The van der Waals surface area contributed by atoms with Crippen molar-refractivity contribution in [3.63, 3.8) is 0 Å². The van der Waals surface area contributed by atoms with E-state index in [1.54, 1.807) is 7.11 Å². The minimum atomic E-state index is 0.408. The van der Waals surface area contributed by atoms with E-state index in [1.807, 2.05) is 50.2 Å². The minimum Gasteiger partial charge on any atom is -0.493 e. The van der Waals surface area contributed by atoms with Crippen LogP contribution < -0.4 is 15.2 Å². The Kier molecular flexibility index (Phi) is 4.81. The zero-order chi connectivity index (χ0) is 15.4. The van der Waals surface area contributed by atoms with Gasteiger partial charge in [-0.1, -0.05) is 30.4 Å². The molecule has 4 heteroatoms. The Morgan fingerprint density at radius 2 is 1.86 bits per heavy atom. The lowest BCUT2D eigenvalue weighted by molar-refractivity contribution is 0.284. The highest BCUT2D eigenvalue weighted by atomic mass is 32.1. The molecule has 0 spiro atoms. The van der Waals surface area contributed by atoms with Crippen molar-refractivity contribution < 1.29 is 9.47 Å². The van der Waals surface area contributed by atoms with Gasteiger partial charge in [-0.05, 0) is 48.7 Å². The van der Waals surface area contributed by atoms with E-state index in [0.717, 1.165) is 33.8 Å². The zero-order valence-electron chi connectivity index (χ0n) is 12.5. The van der Waals surface area contributed by atoms with E-state index < -0.39 is 0 Å². The average Bonchev–Trinajstić information content (AvgIpc) is 2.46. The van der Waals surface area contributed by atoms with Gasteiger partial charge in [0.1, 0.15) is 11.6 Å². The van der Waals surface area contributed by atoms with Gasteiger partial charge in [-0.3, -0.25) is 0 Å². The van der Waals surface area contributed by atoms with Crippen LogP contribution in [0.5, 0.6) is 11.5 Å². The van der Waals surface area contributed by atoms with Crippen molar-refractivity contribution in [1.82, 2.24) is 0 Å². The number of hydrogen-bond acceptors (Lipinski definition) is 3. The molecule has 110 valence electrons. The summed E-state index contributed by atoms with van der Waals surface area (Å²) in [4.78, 5) is 0.408. The van der Waals surface area contributed by atoms with Crippen LogP contribution in [0.3, 0.4) is 0 Å². The summed E-state index contributed by atoms with van der Waals surface area (Å²) in [5, 5.41) is 0. The smallest absolute Gasteiger partial charge is 0.161 e. The van der Waals surface area contributed by atoms with Gasteiger partial charge in [0, 0.05) is 5.56 Å². The van der Waals surface area contributed by atoms with Gasteiger partial charge in [-0.25, -0.2) is 0 Å². The Morgan fingerprint density at radius 1 is 1.10 bits per heavy atom. The lowest BCUT2D eigenvalue weighted by atomic mass is 10.1. The maximum atomic E-state index is 5.86. The van der Waals surface area contributed by atoms with Gasteiger partial charge in [-0.2, -0.15) is 0 Å². The van der Waals surface area contributed by atoms with Crippen molar-refractivity contribution >= 4 is 17.2 Å². The third-order valence-corrected chi connectivity index (χ3v) is 3.57. The second kappa shape index (κ2) is 6.59. The van der Waals surface area contributed by atoms with Crippen LogP contribution in [-0.2, 0) is 6.61 Å². The average molecular weight is 301 g/mol. The first-order chi connectivity index (χ1) is 10.0. The molecular weight excluding hydrogens is 282 g/mol. The summed E-state index contributed by atoms with van der Waals surface area (Å²) in [5.74, 6) is 1.48. The summed E-state index contributed by atoms with van der Waals surface area (Å²) < 4.78 is 11.2. The first-order valence-corrected chi connectivity index (χ1v) is 7.09. The van der Waals surface area contributed by atoms with E-state index in [1.165, 1.54) is 0 Å². The summed E-state index contributed by atoms with van der Waals surface area (Å²) in [6.45, 7) is 4.51. The molecule has 2 N–H and O–H groups in total. The number of rotatable bonds is 5. The monoisotopic (exact) mass is 301 g/mol. The molecule has 2 aromatic carbocycles. The molecule has 0 heterocycles. The second-order valence-electron chi connectivity index (χ2n) is 4.95. The van der Waals surface area contributed by atoms with Crippen LogP contribution in [0.1, 0.15) is 22.3 Å². The summed E-state index contributed by atoms with van der Waals surface area (Å²) in [5.41, 5.74) is 9.84. The standard InChI is InChI=1S/C17H19NO2S/c1-11-4-7-15(16(8-11)19-3)20-10-14-6-5-13(17(18)21)9-12(14)2/h4-9H,10H2,1-3H3,(H2,18,21). The molecule has 0 aliphatic rings. The van der Waals surface area contributed by atoms with Crippen molar-refractivity contribution in [2.45, 2.75) is 20.5 Å². The zero-order valence-corrected chi connectivity index (χ0v) is 13.3. The van der Waals surface area contributed by atoms with Crippen molar-refractivity contribution in [2.75, 3.05) is 7.11 Å². The van der Waals surface area contributed by atoms with Gasteiger partial charge >= 0.3 is 0 Å². The molecule has 0 radical (unpaired) electrons. The van der Waals surface area contributed by atoms with Crippen molar-refractivity contribution in [1.29, 1.82) is 0 Å². The fourth-order valence-electron chi connectivity index (χ4n) is 2.06. The molecule has 2 rings (SSSR count). The summed E-state index contributed by atoms with van der Waals surface area (Å²) in [6, 6.07) is 11.8. The Hall–Kier alpha value is -2.07. The van der Waals surface area contributed by atoms with Crippen LogP contribution in [0, 0.1) is 13.8 Å². The van der Waals surface area contributed by atoms with Gasteiger partial charge in [-0.15, -0.1) is 0 Å². The molecule has 0 aromatic heterocycles. The van der Waals surface area contributed by atoms with Gasteiger partial charge in [0.05, 0.1) is 7.11 Å². The topological polar surface area (TPSA) is 44.5 Å². The predicted molar refractivity (Wildman–Crippen MR) is 89.1 cm³/mol. The third-order valence-electron chi connectivity index (χ3n) is 3.33. The second-order valence-corrected chi connectivity index (χ2v) is 5.39. The quantitative estimate of drug-likeness (QED) is 0.858. The van der Waals surface area contributed by atoms with E-state index in [0.29, 0.717) is 11.6 Å². The number of nitrogens with two attached hydrogens (primary N) is 1. The SMILES string of the molecule is COc1cc(C)ccc1OCc1ccc(C(N)=S)cc1C. The van der Waals surface area contributed by atoms with Gasteiger partial charge < -0.3 is 15.2 Å². The lowest BCUT2D eigenvalue weighted by Crippen LogP contribution is -2.10. The van der Waals surface area contributed by atoms with Gasteiger partial charge in [0.2, 0.25) is 0 Å². The highest BCUT2D eigenvalue weighted by molar-refractivity contribution is 7.80. The molecule has 3 nitrogen and oxygen atoms in total. The summed E-state index contributed by atoms with van der Waals surface area (Å²) >= 11 is 4.98. The van der Waals surface area contributed by atoms with Crippen molar-refractivity contribution in [3.05, 3.63) is 58.7 Å². The van der Waals surface area contributed by atoms with E-state index in [-0.39, 0.29) is 0 Å². The number of ether oxygens (including phenoxy) is 2. The Balaban J connectivity index is 2.15. The van der Waals surface area contributed by atoms with Crippen molar-refractivity contribution in [2.24, 2.45) is 5.73 Å². The maximum absolute atomic E-state index is 5.86. The first-order valence-electron chi connectivity index (χ1n) is 6.68. The van der Waals surface area contributed by atoms with E-state index in [4.69, 9.17) is 27.4 Å². The van der Waals surface area contributed by atoms with Crippen LogP contribution in [0.25, 0.3) is 0 Å². The molecule has 0 unspecified atom stereocenters. The number of benzene rings is 2. The molecule has 0 amide bonds. The number of aryl methyl sites for hydroxylation is 2. The van der Waals surface area contributed by atoms with Gasteiger partial charge in [0.15, 0.2) is 11.5 Å². The Bertz CT molecular complexity index is 668. The normalized spacial score (nSPS) is 10.2. The molecule has 0 aliphatic heterocycles. The van der Waals surface area contributed by atoms with Crippen LogP contribution in [0.4, 0.5) is 0 Å². The first kappa shape index (κ1) is 15.3. The maximum Gasteiger partial charge on any atom is 0.161 e. The fourth-order valence-corrected chi connectivity index (χ4v) is 2.19. The minimum absolute atomic E-state index is 0.408. The molecule has 0 bridgehead atoms. The molecule has 2 aromatic rings. The highest BCUT2D eigenvalue weighted by Gasteiger charge is 2.07. The van der Waals surface area contributed by atoms with Crippen LogP contribution in [0.15, 0.2) is 36.4 Å². The number of methoxy groups -OCH3 is 1. The molecule has 0 aliphatic carbocycles. The molecule has 0 saturated carbocycles. The van der Waals surface area contributed by atoms with Gasteiger partial charge in [0.25, 0.3) is 0 Å². The summed E-state index contributed by atoms with van der Waals surface area (Å²) in [7, 11) is 1.64. The van der Waals surface area contributed by atoms with Crippen LogP contribution in [0.2, 0.25) is 0 Å². The Morgan fingerprint density at radius 3 is 2.48 bits per heavy atom. The fraction of sp³-hybridized carbons (Fsp3) is 0.235. The third kappa shape index (κ3) is 3.73. The largest absolute Gasteiger partial charge is 0.493 e. The van der Waals surface area contributed by atoms with E-state index in [9.17, 15) is 0 Å². The molecule has 0 saturated heterocycles. The van der Waals surface area contributed by atoms with Crippen LogP contribution in [-0.4, -0.2) is 12.1 Å². The van der Waals surface area contributed by atoms with E-state index >= 15 is 0 Å².